The van der Waals surface area contributed by atoms with E-state index < -0.39 is 0 Å². The quantitative estimate of drug-likeness (QED) is 0.795. The second-order valence-corrected chi connectivity index (χ2v) is 4.17. The Kier molecular flexibility index (Phi) is 4.88. The first kappa shape index (κ1) is 13.4. The molecule has 92 valence electrons. The predicted octanol–water partition coefficient (Wildman–Crippen LogP) is 2.73. The van der Waals surface area contributed by atoms with Gasteiger partial charge in [-0.3, -0.25) is 9.59 Å². The van der Waals surface area contributed by atoms with E-state index >= 15 is 0 Å². The molecule has 1 rings (SSSR count). The van der Waals surface area contributed by atoms with Crippen LogP contribution in [0.1, 0.15) is 38.3 Å². The molecule has 1 amide bonds. The zero-order valence-corrected chi connectivity index (χ0v) is 10.7. The Morgan fingerprint density at radius 3 is 2.00 bits per heavy atom. The third-order valence-electron chi connectivity index (χ3n) is 2.56. The highest BCUT2D eigenvalue weighted by Gasteiger charge is 2.06. The lowest BCUT2D eigenvalue weighted by Crippen LogP contribution is -2.15. The van der Waals surface area contributed by atoms with Gasteiger partial charge in [0.15, 0.2) is 0 Å². The fourth-order valence-electron chi connectivity index (χ4n) is 1.67. The molecule has 0 aliphatic heterocycles. The molecule has 0 heterocycles. The molecule has 3 heteroatoms. The van der Waals surface area contributed by atoms with E-state index in [4.69, 9.17) is 0 Å². The summed E-state index contributed by atoms with van der Waals surface area (Å²) in [6, 6.07) is 6.05. The summed E-state index contributed by atoms with van der Waals surface area (Å²) < 4.78 is 0. The maximum Gasteiger partial charge on any atom is 0.231 e. The van der Waals surface area contributed by atoms with E-state index in [1.54, 1.807) is 0 Å². The summed E-state index contributed by atoms with van der Waals surface area (Å²) in [6.07, 6.45) is 1.81. The molecule has 0 bridgehead atoms. The summed E-state index contributed by atoms with van der Waals surface area (Å²) in [7, 11) is 0. The van der Waals surface area contributed by atoms with Crippen LogP contribution in [0.25, 0.3) is 0 Å². The number of rotatable bonds is 5. The molecule has 0 aliphatic rings. The zero-order valence-electron chi connectivity index (χ0n) is 10.7. The van der Waals surface area contributed by atoms with Crippen molar-refractivity contribution in [3.8, 4) is 0 Å². The number of aryl methyl sites for hydroxylation is 2. The summed E-state index contributed by atoms with van der Waals surface area (Å²) in [5.74, 6) is -0.363. The van der Waals surface area contributed by atoms with E-state index in [2.05, 4.69) is 25.2 Å². The maximum absolute atomic E-state index is 11.5. The lowest BCUT2D eigenvalue weighted by molar-refractivity contribution is -0.124. The largest absolute Gasteiger partial charge is 0.326 e. The Morgan fingerprint density at radius 2 is 1.59 bits per heavy atom. The molecule has 0 spiro atoms. The number of amides is 1. The van der Waals surface area contributed by atoms with E-state index in [1.165, 1.54) is 18.1 Å². The van der Waals surface area contributed by atoms with Crippen molar-refractivity contribution in [2.45, 2.75) is 40.0 Å². The van der Waals surface area contributed by atoms with Crippen molar-refractivity contribution in [2.24, 2.45) is 0 Å². The summed E-state index contributed by atoms with van der Waals surface area (Å²) >= 11 is 0. The van der Waals surface area contributed by atoms with Gasteiger partial charge >= 0.3 is 0 Å². The van der Waals surface area contributed by atoms with E-state index in [9.17, 15) is 9.59 Å². The third kappa shape index (κ3) is 4.39. The summed E-state index contributed by atoms with van der Waals surface area (Å²) in [6.45, 7) is 5.57. The molecule has 0 saturated heterocycles. The maximum atomic E-state index is 11.5. The molecule has 1 aromatic carbocycles. The van der Waals surface area contributed by atoms with Gasteiger partial charge in [-0.05, 0) is 43.0 Å². The molecule has 0 saturated carbocycles. The van der Waals surface area contributed by atoms with Gasteiger partial charge in [0.05, 0.1) is 6.42 Å². The number of hydrogen-bond donors (Lipinski definition) is 1. The summed E-state index contributed by atoms with van der Waals surface area (Å²) in [5, 5.41) is 2.76. The van der Waals surface area contributed by atoms with Gasteiger partial charge in [0.1, 0.15) is 5.78 Å². The minimum Gasteiger partial charge on any atom is -0.326 e. The standard InChI is InChI=1S/C14H19NO2/c1-4-11-7-12(5-2)9-13(8-11)15-14(17)6-10(3)16/h7-9H,4-6H2,1-3H3,(H,15,17). The van der Waals surface area contributed by atoms with E-state index in [1.807, 2.05) is 12.1 Å². The first-order valence-corrected chi connectivity index (χ1v) is 5.97. The van der Waals surface area contributed by atoms with Crippen molar-refractivity contribution in [1.29, 1.82) is 0 Å². The third-order valence-corrected chi connectivity index (χ3v) is 2.56. The minimum atomic E-state index is -0.243. The number of carbonyl (C=O) groups is 2. The minimum absolute atomic E-state index is 0.0577. The Hall–Kier alpha value is -1.64. The van der Waals surface area contributed by atoms with Gasteiger partial charge in [-0.25, -0.2) is 0 Å². The molecule has 1 aromatic rings. The van der Waals surface area contributed by atoms with Gasteiger partial charge in [-0.2, -0.15) is 0 Å². The summed E-state index contributed by atoms with van der Waals surface area (Å²) in [5.41, 5.74) is 3.18. The highest BCUT2D eigenvalue weighted by molar-refractivity contribution is 6.03. The molecule has 0 radical (unpaired) electrons. The van der Waals surface area contributed by atoms with Gasteiger partial charge in [0, 0.05) is 5.69 Å². The normalized spacial score (nSPS) is 10.1. The average molecular weight is 233 g/mol. The predicted molar refractivity (Wildman–Crippen MR) is 69.1 cm³/mol. The number of Topliss-reactive ketones (excluding diaryl/α,β-unsaturated/α-hetero) is 1. The van der Waals surface area contributed by atoms with Crippen LogP contribution < -0.4 is 5.32 Å². The fraction of sp³-hybridized carbons (Fsp3) is 0.429. The van der Waals surface area contributed by atoms with Crippen molar-refractivity contribution in [3.63, 3.8) is 0 Å². The van der Waals surface area contributed by atoms with Crippen LogP contribution in [0.5, 0.6) is 0 Å². The molecule has 0 aliphatic carbocycles. The number of anilines is 1. The van der Waals surface area contributed by atoms with Crippen molar-refractivity contribution >= 4 is 17.4 Å². The Labute approximate surface area is 102 Å². The Balaban J connectivity index is 2.82. The van der Waals surface area contributed by atoms with Crippen LogP contribution in [0.2, 0.25) is 0 Å². The molecule has 17 heavy (non-hydrogen) atoms. The van der Waals surface area contributed by atoms with Crippen molar-refractivity contribution in [3.05, 3.63) is 29.3 Å². The van der Waals surface area contributed by atoms with Crippen LogP contribution in [-0.4, -0.2) is 11.7 Å². The fourth-order valence-corrected chi connectivity index (χ4v) is 1.67. The van der Waals surface area contributed by atoms with Gasteiger partial charge in [0.25, 0.3) is 0 Å². The van der Waals surface area contributed by atoms with E-state index in [-0.39, 0.29) is 18.1 Å². The molecule has 3 nitrogen and oxygen atoms in total. The number of hydrogen-bond acceptors (Lipinski definition) is 2. The Bertz CT molecular complexity index is 402. The molecule has 0 unspecified atom stereocenters. The monoisotopic (exact) mass is 233 g/mol. The number of ketones is 1. The van der Waals surface area contributed by atoms with Crippen LogP contribution in [0.15, 0.2) is 18.2 Å². The van der Waals surface area contributed by atoms with Crippen LogP contribution in [-0.2, 0) is 22.4 Å². The van der Waals surface area contributed by atoms with Crippen molar-refractivity contribution < 1.29 is 9.59 Å². The summed E-state index contributed by atoms with van der Waals surface area (Å²) in [4.78, 5) is 22.3. The van der Waals surface area contributed by atoms with Crippen LogP contribution in [0.3, 0.4) is 0 Å². The first-order valence-electron chi connectivity index (χ1n) is 5.97. The first-order chi connectivity index (χ1) is 8.05. The molecule has 0 aromatic heterocycles. The topological polar surface area (TPSA) is 46.2 Å². The van der Waals surface area contributed by atoms with E-state index in [0.29, 0.717) is 0 Å². The molecule has 1 N–H and O–H groups in total. The highest BCUT2D eigenvalue weighted by atomic mass is 16.2. The Morgan fingerprint density at radius 1 is 1.06 bits per heavy atom. The average Bonchev–Trinajstić information content (AvgIpc) is 2.27. The van der Waals surface area contributed by atoms with Crippen LogP contribution in [0, 0.1) is 0 Å². The SMILES string of the molecule is CCc1cc(CC)cc(NC(=O)CC(C)=O)c1. The highest BCUT2D eigenvalue weighted by Crippen LogP contribution is 2.16. The zero-order chi connectivity index (χ0) is 12.8. The number of carbonyl (C=O) groups excluding carboxylic acids is 2. The van der Waals surface area contributed by atoms with E-state index in [0.717, 1.165) is 18.5 Å². The molecule has 0 atom stereocenters. The number of nitrogens with one attached hydrogen (secondary N) is 1. The molecular formula is C14H19NO2. The van der Waals surface area contributed by atoms with Crippen LogP contribution >= 0.6 is 0 Å². The van der Waals surface area contributed by atoms with Gasteiger partial charge in [0.2, 0.25) is 5.91 Å². The van der Waals surface area contributed by atoms with Gasteiger partial charge in [-0.1, -0.05) is 19.9 Å². The molecular weight excluding hydrogens is 214 g/mol. The molecule has 0 fully saturated rings. The second-order valence-electron chi connectivity index (χ2n) is 4.17. The smallest absolute Gasteiger partial charge is 0.231 e. The number of benzene rings is 1. The van der Waals surface area contributed by atoms with Gasteiger partial charge in [-0.15, -0.1) is 0 Å². The van der Waals surface area contributed by atoms with Gasteiger partial charge < -0.3 is 5.32 Å². The second kappa shape index (κ2) is 6.18. The lowest BCUT2D eigenvalue weighted by Gasteiger charge is -2.08. The lowest BCUT2D eigenvalue weighted by atomic mass is 10.1. The van der Waals surface area contributed by atoms with Crippen LogP contribution in [0.4, 0.5) is 5.69 Å². The van der Waals surface area contributed by atoms with Crippen molar-refractivity contribution in [1.82, 2.24) is 0 Å². The van der Waals surface area contributed by atoms with Crippen molar-refractivity contribution in [2.75, 3.05) is 5.32 Å².